The second-order valence-corrected chi connectivity index (χ2v) is 7.69. The van der Waals surface area contributed by atoms with Crippen LogP contribution in [0.4, 0.5) is 5.69 Å². The van der Waals surface area contributed by atoms with Gasteiger partial charge in [0, 0.05) is 33.2 Å². The van der Waals surface area contributed by atoms with Gasteiger partial charge in [0.1, 0.15) is 11.4 Å². The van der Waals surface area contributed by atoms with Gasteiger partial charge in [0.25, 0.3) is 0 Å². The fraction of sp³-hybridized carbons (Fsp3) is 0.294. The van der Waals surface area contributed by atoms with Crippen molar-refractivity contribution in [3.8, 4) is 5.75 Å². The lowest BCUT2D eigenvalue weighted by molar-refractivity contribution is 0.137. The van der Waals surface area contributed by atoms with Gasteiger partial charge in [-0.15, -0.1) is 0 Å². The summed E-state index contributed by atoms with van der Waals surface area (Å²) in [6, 6.07) is 12.5. The van der Waals surface area contributed by atoms with Gasteiger partial charge in [-0.25, -0.2) is 0 Å². The maximum absolute atomic E-state index is 6.10. The van der Waals surface area contributed by atoms with Gasteiger partial charge >= 0.3 is 0 Å². The van der Waals surface area contributed by atoms with E-state index in [0.29, 0.717) is 0 Å². The number of anilines is 1. The average Bonchev–Trinajstić information content (AvgIpc) is 2.72. The first-order valence-electron chi connectivity index (χ1n) is 6.93. The van der Waals surface area contributed by atoms with E-state index in [2.05, 4.69) is 75.3 Å². The van der Waals surface area contributed by atoms with Crippen molar-refractivity contribution in [1.82, 2.24) is 0 Å². The Balaban J connectivity index is 1.80. The maximum atomic E-state index is 6.10. The van der Waals surface area contributed by atoms with E-state index in [1.165, 1.54) is 11.1 Å². The third kappa shape index (κ3) is 3.27. The van der Waals surface area contributed by atoms with Crippen LogP contribution in [-0.2, 0) is 13.0 Å². The number of benzene rings is 2. The number of halogens is 2. The van der Waals surface area contributed by atoms with Crippen LogP contribution in [0.2, 0.25) is 0 Å². The van der Waals surface area contributed by atoms with Gasteiger partial charge in [-0.2, -0.15) is 0 Å². The van der Waals surface area contributed by atoms with Crippen molar-refractivity contribution in [3.63, 3.8) is 0 Å². The molecule has 21 heavy (non-hydrogen) atoms. The van der Waals surface area contributed by atoms with E-state index in [0.717, 1.165) is 33.3 Å². The number of hydrogen-bond donors (Lipinski definition) is 1. The van der Waals surface area contributed by atoms with Crippen LogP contribution in [0.3, 0.4) is 0 Å². The van der Waals surface area contributed by atoms with E-state index >= 15 is 0 Å². The molecule has 0 spiro atoms. The van der Waals surface area contributed by atoms with Gasteiger partial charge in [-0.3, -0.25) is 0 Å². The average molecular weight is 411 g/mol. The van der Waals surface area contributed by atoms with Crippen LogP contribution in [0.5, 0.6) is 5.75 Å². The molecule has 0 unspecified atom stereocenters. The lowest BCUT2D eigenvalue weighted by atomic mass is 10.0. The summed E-state index contributed by atoms with van der Waals surface area (Å²) in [4.78, 5) is 0. The molecule has 2 nitrogen and oxygen atoms in total. The molecule has 2 aromatic rings. The quantitative estimate of drug-likeness (QED) is 0.717. The molecule has 0 saturated carbocycles. The van der Waals surface area contributed by atoms with Gasteiger partial charge < -0.3 is 10.1 Å². The van der Waals surface area contributed by atoms with Gasteiger partial charge in [0.2, 0.25) is 0 Å². The van der Waals surface area contributed by atoms with Crippen LogP contribution in [-0.4, -0.2) is 5.60 Å². The van der Waals surface area contributed by atoms with E-state index < -0.39 is 0 Å². The fourth-order valence-corrected chi connectivity index (χ4v) is 3.83. The fourth-order valence-electron chi connectivity index (χ4n) is 2.64. The summed E-state index contributed by atoms with van der Waals surface area (Å²) in [5.41, 5.74) is 3.48. The molecule has 1 N–H and O–H groups in total. The van der Waals surface area contributed by atoms with Crippen molar-refractivity contribution in [3.05, 3.63) is 56.5 Å². The molecule has 0 aliphatic carbocycles. The highest BCUT2D eigenvalue weighted by Crippen LogP contribution is 2.38. The summed E-state index contributed by atoms with van der Waals surface area (Å²) in [6.45, 7) is 5.02. The van der Waals surface area contributed by atoms with Crippen LogP contribution in [0.25, 0.3) is 0 Å². The molecule has 0 aromatic heterocycles. The van der Waals surface area contributed by atoms with Gasteiger partial charge in [0.05, 0.1) is 0 Å². The van der Waals surface area contributed by atoms with E-state index in [1.54, 1.807) is 0 Å². The molecule has 0 amide bonds. The number of rotatable bonds is 3. The number of hydrogen-bond acceptors (Lipinski definition) is 2. The number of fused-ring (bicyclic) bond motifs is 1. The van der Waals surface area contributed by atoms with Crippen molar-refractivity contribution in [2.24, 2.45) is 0 Å². The predicted octanol–water partition coefficient (Wildman–Crippen LogP) is 5.54. The molecule has 4 heteroatoms. The minimum absolute atomic E-state index is 0.101. The molecule has 110 valence electrons. The van der Waals surface area contributed by atoms with E-state index in [9.17, 15) is 0 Å². The highest BCUT2D eigenvalue weighted by molar-refractivity contribution is 9.11. The Hall–Kier alpha value is -1.00. The minimum atomic E-state index is -0.101. The van der Waals surface area contributed by atoms with Crippen LogP contribution in [0.15, 0.2) is 45.3 Å². The Bertz CT molecular complexity index is 682. The lowest BCUT2D eigenvalue weighted by Crippen LogP contribution is -2.25. The number of nitrogens with one attached hydrogen (secondary N) is 1. The SMILES string of the molecule is CC1(C)Cc2cccc(CNc3ccc(Br)cc3Br)c2O1. The summed E-state index contributed by atoms with van der Waals surface area (Å²) >= 11 is 7.04. The Kier molecular flexibility index (Phi) is 4.02. The summed E-state index contributed by atoms with van der Waals surface area (Å²) in [6.07, 6.45) is 0.970. The Morgan fingerprint density at radius 3 is 2.76 bits per heavy atom. The Morgan fingerprint density at radius 2 is 2.00 bits per heavy atom. The van der Waals surface area contributed by atoms with E-state index in [-0.39, 0.29) is 5.60 Å². The topological polar surface area (TPSA) is 21.3 Å². The van der Waals surface area contributed by atoms with E-state index in [1.807, 2.05) is 12.1 Å². The first-order chi connectivity index (χ1) is 9.94. The van der Waals surface area contributed by atoms with Crippen LogP contribution < -0.4 is 10.1 Å². The van der Waals surface area contributed by atoms with E-state index in [4.69, 9.17) is 4.74 Å². The standard InChI is InChI=1S/C17H17Br2NO/c1-17(2)9-11-4-3-5-12(16(11)21-17)10-20-15-7-6-13(18)8-14(15)19/h3-8,20H,9-10H2,1-2H3. The molecule has 0 bridgehead atoms. The number of para-hydroxylation sites is 1. The first-order valence-corrected chi connectivity index (χ1v) is 8.52. The molecular weight excluding hydrogens is 394 g/mol. The predicted molar refractivity (Wildman–Crippen MR) is 94.0 cm³/mol. The maximum Gasteiger partial charge on any atom is 0.128 e. The molecule has 0 saturated heterocycles. The van der Waals surface area contributed by atoms with Crippen molar-refractivity contribution in [1.29, 1.82) is 0 Å². The molecule has 0 atom stereocenters. The summed E-state index contributed by atoms with van der Waals surface area (Å²) in [5.74, 6) is 1.04. The van der Waals surface area contributed by atoms with Crippen molar-refractivity contribution >= 4 is 37.5 Å². The molecular formula is C17H17Br2NO. The van der Waals surface area contributed by atoms with Gasteiger partial charge in [-0.05, 0) is 53.5 Å². The van der Waals surface area contributed by atoms with Crippen molar-refractivity contribution < 1.29 is 4.74 Å². The van der Waals surface area contributed by atoms with Crippen molar-refractivity contribution in [2.75, 3.05) is 5.32 Å². The second kappa shape index (κ2) is 5.65. The third-order valence-corrected chi connectivity index (χ3v) is 4.72. The van der Waals surface area contributed by atoms with Gasteiger partial charge in [-0.1, -0.05) is 34.1 Å². The second-order valence-electron chi connectivity index (χ2n) is 5.92. The summed E-state index contributed by atoms with van der Waals surface area (Å²) in [5, 5.41) is 3.47. The highest BCUT2D eigenvalue weighted by atomic mass is 79.9. The zero-order chi connectivity index (χ0) is 15.0. The normalized spacial score (nSPS) is 15.4. The molecule has 0 radical (unpaired) electrons. The third-order valence-electron chi connectivity index (χ3n) is 3.57. The largest absolute Gasteiger partial charge is 0.487 e. The van der Waals surface area contributed by atoms with Crippen LogP contribution >= 0.6 is 31.9 Å². The van der Waals surface area contributed by atoms with Crippen molar-refractivity contribution in [2.45, 2.75) is 32.4 Å². The molecule has 1 aliphatic rings. The molecule has 1 heterocycles. The molecule has 3 rings (SSSR count). The van der Waals surface area contributed by atoms with Crippen LogP contribution in [0.1, 0.15) is 25.0 Å². The summed E-state index contributed by atoms with van der Waals surface area (Å²) in [7, 11) is 0. The molecule has 1 aliphatic heterocycles. The van der Waals surface area contributed by atoms with Gasteiger partial charge in [0.15, 0.2) is 0 Å². The molecule has 2 aromatic carbocycles. The number of ether oxygens (including phenoxy) is 1. The Labute approximate surface area is 142 Å². The zero-order valence-corrected chi connectivity index (χ0v) is 15.2. The minimum Gasteiger partial charge on any atom is -0.487 e. The Morgan fingerprint density at radius 1 is 1.19 bits per heavy atom. The summed E-state index contributed by atoms with van der Waals surface area (Å²) < 4.78 is 8.21. The zero-order valence-electron chi connectivity index (χ0n) is 12.0. The smallest absolute Gasteiger partial charge is 0.128 e. The monoisotopic (exact) mass is 409 g/mol. The highest BCUT2D eigenvalue weighted by Gasteiger charge is 2.31. The lowest BCUT2D eigenvalue weighted by Gasteiger charge is -2.18. The first kappa shape index (κ1) is 14.9. The molecule has 0 fully saturated rings. The van der Waals surface area contributed by atoms with Crippen LogP contribution in [0, 0.1) is 0 Å².